The molecule has 1 aromatic rings. The Labute approximate surface area is 108 Å². The third-order valence-electron chi connectivity index (χ3n) is 2.82. The van der Waals surface area contributed by atoms with Crippen molar-refractivity contribution in [3.63, 3.8) is 0 Å². The molecule has 0 aromatic carbocycles. The zero-order valence-electron chi connectivity index (χ0n) is 11.4. The van der Waals surface area contributed by atoms with E-state index in [1.807, 2.05) is 7.05 Å². The molecular formula is C12H23N3OS. The van der Waals surface area contributed by atoms with Crippen molar-refractivity contribution in [3.8, 4) is 0 Å². The highest BCUT2D eigenvalue weighted by Crippen LogP contribution is 2.30. The molecule has 0 radical (unpaired) electrons. The van der Waals surface area contributed by atoms with Crippen LogP contribution in [0.25, 0.3) is 0 Å². The van der Waals surface area contributed by atoms with Gasteiger partial charge >= 0.3 is 0 Å². The molecule has 0 spiro atoms. The number of hydrogen-bond acceptors (Lipinski definition) is 5. The summed E-state index contributed by atoms with van der Waals surface area (Å²) in [5, 5.41) is 1.03. The van der Waals surface area contributed by atoms with Crippen LogP contribution >= 0.6 is 11.3 Å². The smallest absolute Gasteiger partial charge is 0.185 e. The minimum absolute atomic E-state index is 0.316. The zero-order valence-corrected chi connectivity index (χ0v) is 12.2. The number of aromatic nitrogens is 1. The summed E-state index contributed by atoms with van der Waals surface area (Å²) >= 11 is 1.68. The molecule has 0 aliphatic rings. The van der Waals surface area contributed by atoms with Gasteiger partial charge in [-0.05, 0) is 12.8 Å². The first kappa shape index (κ1) is 14.4. The van der Waals surface area contributed by atoms with Crippen LogP contribution in [-0.4, -0.2) is 31.8 Å². The number of thiazole rings is 1. The third kappa shape index (κ3) is 3.40. The lowest BCUT2D eigenvalue weighted by Gasteiger charge is -2.23. The van der Waals surface area contributed by atoms with Gasteiger partial charge in [-0.1, -0.05) is 13.8 Å². The number of rotatable bonds is 6. The molecule has 1 rings (SSSR count). The van der Waals surface area contributed by atoms with E-state index in [0.717, 1.165) is 10.8 Å². The van der Waals surface area contributed by atoms with Gasteiger partial charge in [-0.15, -0.1) is 11.3 Å². The van der Waals surface area contributed by atoms with Crippen LogP contribution in [0.2, 0.25) is 0 Å². The standard InChI is InChI=1S/C12H23N3OS/c1-8(2)11-10(6-13)17-12(14-11)15(4)9(3)7-16-5/h8-9H,6-7,13H2,1-5H3. The predicted molar refractivity (Wildman–Crippen MR) is 73.8 cm³/mol. The topological polar surface area (TPSA) is 51.4 Å². The lowest BCUT2D eigenvalue weighted by Crippen LogP contribution is -2.32. The molecule has 17 heavy (non-hydrogen) atoms. The van der Waals surface area contributed by atoms with E-state index in [4.69, 9.17) is 15.5 Å². The highest BCUT2D eigenvalue weighted by molar-refractivity contribution is 7.15. The fraction of sp³-hybridized carbons (Fsp3) is 0.750. The molecular weight excluding hydrogens is 234 g/mol. The molecule has 0 fully saturated rings. The van der Waals surface area contributed by atoms with Crippen LogP contribution in [0.1, 0.15) is 37.3 Å². The van der Waals surface area contributed by atoms with Crippen LogP contribution in [0.3, 0.4) is 0 Å². The SMILES string of the molecule is COCC(C)N(C)c1nc(C(C)C)c(CN)s1. The van der Waals surface area contributed by atoms with E-state index in [-0.39, 0.29) is 0 Å². The number of hydrogen-bond donors (Lipinski definition) is 1. The van der Waals surface area contributed by atoms with Crippen LogP contribution < -0.4 is 10.6 Å². The Hall–Kier alpha value is -0.650. The van der Waals surface area contributed by atoms with Crippen molar-refractivity contribution in [1.82, 2.24) is 4.98 Å². The van der Waals surface area contributed by atoms with Gasteiger partial charge in [0.2, 0.25) is 0 Å². The number of anilines is 1. The van der Waals surface area contributed by atoms with E-state index in [0.29, 0.717) is 25.1 Å². The summed E-state index contributed by atoms with van der Waals surface area (Å²) in [6, 6.07) is 0.316. The second-order valence-electron chi connectivity index (χ2n) is 4.58. The predicted octanol–water partition coefficient (Wildman–Crippen LogP) is 2.20. The summed E-state index contributed by atoms with van der Waals surface area (Å²) in [7, 11) is 3.77. The van der Waals surface area contributed by atoms with Crippen LogP contribution in [0.4, 0.5) is 5.13 Å². The van der Waals surface area contributed by atoms with Crippen LogP contribution in [0.5, 0.6) is 0 Å². The quantitative estimate of drug-likeness (QED) is 0.849. The Bertz CT molecular complexity index is 352. The van der Waals surface area contributed by atoms with Crippen molar-refractivity contribution in [1.29, 1.82) is 0 Å². The monoisotopic (exact) mass is 257 g/mol. The Balaban J connectivity index is 2.91. The molecule has 1 aromatic heterocycles. The molecule has 0 aliphatic carbocycles. The molecule has 0 amide bonds. The van der Waals surface area contributed by atoms with E-state index in [2.05, 4.69) is 25.7 Å². The van der Waals surface area contributed by atoms with Crippen molar-refractivity contribution in [2.24, 2.45) is 5.73 Å². The maximum Gasteiger partial charge on any atom is 0.185 e. The van der Waals surface area contributed by atoms with Crippen molar-refractivity contribution >= 4 is 16.5 Å². The lowest BCUT2D eigenvalue weighted by atomic mass is 10.1. The normalized spacial score (nSPS) is 13.1. The molecule has 4 nitrogen and oxygen atoms in total. The minimum atomic E-state index is 0.316. The lowest BCUT2D eigenvalue weighted by molar-refractivity contribution is 0.183. The molecule has 0 aliphatic heterocycles. The molecule has 98 valence electrons. The molecule has 0 saturated heterocycles. The van der Waals surface area contributed by atoms with Crippen molar-refractivity contribution in [3.05, 3.63) is 10.6 Å². The first-order valence-corrected chi connectivity index (χ1v) is 6.74. The van der Waals surface area contributed by atoms with Gasteiger partial charge in [-0.25, -0.2) is 4.98 Å². The summed E-state index contributed by atoms with van der Waals surface area (Å²) in [6.45, 7) is 7.69. The molecule has 1 atom stereocenters. The molecule has 0 saturated carbocycles. The minimum Gasteiger partial charge on any atom is -0.383 e. The highest BCUT2D eigenvalue weighted by atomic mass is 32.1. The largest absolute Gasteiger partial charge is 0.383 e. The number of nitrogens with two attached hydrogens (primary N) is 1. The summed E-state index contributed by atoms with van der Waals surface area (Å²) in [5.74, 6) is 0.421. The molecule has 2 N–H and O–H groups in total. The maximum atomic E-state index is 5.76. The second kappa shape index (κ2) is 6.33. The summed E-state index contributed by atoms with van der Waals surface area (Å²) in [6.07, 6.45) is 0. The fourth-order valence-electron chi connectivity index (χ4n) is 1.64. The number of methoxy groups -OCH3 is 1. The van der Waals surface area contributed by atoms with Crippen LogP contribution in [0, 0.1) is 0 Å². The average molecular weight is 257 g/mol. The first-order chi connectivity index (χ1) is 8.01. The van der Waals surface area contributed by atoms with Crippen molar-refractivity contribution < 1.29 is 4.74 Å². The Morgan fingerprint density at radius 2 is 2.06 bits per heavy atom. The van der Waals surface area contributed by atoms with Crippen molar-refractivity contribution in [2.45, 2.75) is 39.3 Å². The first-order valence-electron chi connectivity index (χ1n) is 5.92. The van der Waals surface area contributed by atoms with Crippen molar-refractivity contribution in [2.75, 3.05) is 25.7 Å². The van der Waals surface area contributed by atoms with Crippen LogP contribution in [0.15, 0.2) is 0 Å². The Morgan fingerprint density at radius 1 is 1.41 bits per heavy atom. The Morgan fingerprint density at radius 3 is 2.47 bits per heavy atom. The van der Waals surface area contributed by atoms with Gasteiger partial charge in [-0.3, -0.25) is 0 Å². The maximum absolute atomic E-state index is 5.76. The number of nitrogens with zero attached hydrogens (tertiary/aromatic N) is 2. The van der Waals surface area contributed by atoms with E-state index in [1.165, 1.54) is 4.88 Å². The third-order valence-corrected chi connectivity index (χ3v) is 4.00. The highest BCUT2D eigenvalue weighted by Gasteiger charge is 2.18. The van der Waals surface area contributed by atoms with E-state index in [1.54, 1.807) is 18.4 Å². The van der Waals surface area contributed by atoms with E-state index >= 15 is 0 Å². The van der Waals surface area contributed by atoms with Gasteiger partial charge in [0.15, 0.2) is 5.13 Å². The molecule has 1 unspecified atom stereocenters. The van der Waals surface area contributed by atoms with Gasteiger partial charge in [-0.2, -0.15) is 0 Å². The van der Waals surface area contributed by atoms with Gasteiger partial charge in [0, 0.05) is 25.6 Å². The van der Waals surface area contributed by atoms with Gasteiger partial charge in [0.05, 0.1) is 18.3 Å². The average Bonchev–Trinajstić information content (AvgIpc) is 2.72. The van der Waals surface area contributed by atoms with E-state index < -0.39 is 0 Å². The summed E-state index contributed by atoms with van der Waals surface area (Å²) < 4.78 is 5.17. The molecule has 1 heterocycles. The van der Waals surface area contributed by atoms with E-state index in [9.17, 15) is 0 Å². The summed E-state index contributed by atoms with van der Waals surface area (Å²) in [5.41, 5.74) is 6.89. The number of ether oxygens (including phenoxy) is 1. The molecule has 0 bridgehead atoms. The number of likely N-dealkylation sites (N-methyl/N-ethyl adjacent to an activating group) is 1. The van der Waals surface area contributed by atoms with Crippen LogP contribution in [-0.2, 0) is 11.3 Å². The fourth-order valence-corrected chi connectivity index (χ4v) is 2.80. The van der Waals surface area contributed by atoms with Gasteiger partial charge < -0.3 is 15.4 Å². The van der Waals surface area contributed by atoms with Gasteiger partial charge in [0.1, 0.15) is 0 Å². The zero-order chi connectivity index (χ0) is 13.0. The summed E-state index contributed by atoms with van der Waals surface area (Å²) in [4.78, 5) is 8.03. The second-order valence-corrected chi connectivity index (χ2v) is 5.64. The van der Waals surface area contributed by atoms with Gasteiger partial charge in [0.25, 0.3) is 0 Å². The Kier molecular flexibility index (Phi) is 5.36. The molecule has 5 heteroatoms.